The van der Waals surface area contributed by atoms with Gasteiger partial charge in [0.05, 0.1) is 0 Å². The van der Waals surface area contributed by atoms with Crippen LogP contribution in [0, 0.1) is 20.8 Å². The maximum absolute atomic E-state index is 6.41. The van der Waals surface area contributed by atoms with Gasteiger partial charge in [0.1, 0.15) is 0 Å². The molecule has 0 saturated heterocycles. The van der Waals surface area contributed by atoms with Crippen LogP contribution in [0.1, 0.15) is 58.8 Å². The van der Waals surface area contributed by atoms with Crippen molar-refractivity contribution in [2.24, 2.45) is 5.73 Å². The summed E-state index contributed by atoms with van der Waals surface area (Å²) in [5.41, 5.74) is 12.1. The highest BCUT2D eigenvalue weighted by Gasteiger charge is 2.18. The molecule has 0 fully saturated rings. The maximum atomic E-state index is 6.41. The molecule has 1 aromatic heterocycles. The van der Waals surface area contributed by atoms with Crippen LogP contribution in [0.2, 0.25) is 0 Å². The number of aryl methyl sites for hydroxylation is 3. The summed E-state index contributed by atoms with van der Waals surface area (Å²) in [7, 11) is 0. The third kappa shape index (κ3) is 3.75. The zero-order valence-corrected chi connectivity index (χ0v) is 14.9. The molecular formula is C19H27NS. The van der Waals surface area contributed by atoms with Crippen LogP contribution >= 0.6 is 11.3 Å². The second kappa shape index (κ2) is 5.94. The summed E-state index contributed by atoms with van der Waals surface area (Å²) in [6.07, 6.45) is 0.919. The van der Waals surface area contributed by atoms with Crippen molar-refractivity contribution in [2.45, 2.75) is 59.4 Å². The lowest BCUT2D eigenvalue weighted by Gasteiger charge is -2.23. The van der Waals surface area contributed by atoms with Gasteiger partial charge in [-0.25, -0.2) is 0 Å². The van der Waals surface area contributed by atoms with Crippen molar-refractivity contribution in [3.05, 3.63) is 56.3 Å². The molecule has 1 aromatic carbocycles. The van der Waals surface area contributed by atoms with E-state index in [0.717, 1.165) is 6.42 Å². The van der Waals surface area contributed by atoms with Crippen molar-refractivity contribution < 1.29 is 0 Å². The highest BCUT2D eigenvalue weighted by Crippen LogP contribution is 2.30. The summed E-state index contributed by atoms with van der Waals surface area (Å²) < 4.78 is 0. The molecule has 1 nitrogen and oxygen atoms in total. The van der Waals surface area contributed by atoms with E-state index in [1.54, 1.807) is 0 Å². The lowest BCUT2D eigenvalue weighted by Crippen LogP contribution is -2.16. The second-order valence-electron chi connectivity index (χ2n) is 7.10. The van der Waals surface area contributed by atoms with Gasteiger partial charge in [-0.05, 0) is 67.0 Å². The fourth-order valence-corrected chi connectivity index (χ4v) is 3.60. The number of benzene rings is 1. The van der Waals surface area contributed by atoms with E-state index in [9.17, 15) is 0 Å². The number of rotatable bonds is 3. The van der Waals surface area contributed by atoms with Gasteiger partial charge in [-0.2, -0.15) is 0 Å². The minimum atomic E-state index is 0.0987. The Labute approximate surface area is 133 Å². The van der Waals surface area contributed by atoms with Crippen molar-refractivity contribution in [3.63, 3.8) is 0 Å². The first-order valence-electron chi connectivity index (χ1n) is 7.61. The van der Waals surface area contributed by atoms with Crippen molar-refractivity contribution in [3.8, 4) is 0 Å². The molecule has 0 aliphatic carbocycles. The Hall–Kier alpha value is -1.12. The Morgan fingerprint density at radius 2 is 1.62 bits per heavy atom. The molecule has 114 valence electrons. The molecule has 0 aliphatic heterocycles. The standard InChI is InChI=1S/C19H27NS/c1-12-9-15(19(4,5)6)10-13(2)16(12)11-17(20)18-8-7-14(3)21-18/h7-10,17H,11,20H2,1-6H3. The van der Waals surface area contributed by atoms with Gasteiger partial charge in [-0.1, -0.05) is 32.9 Å². The average molecular weight is 301 g/mol. The van der Waals surface area contributed by atoms with E-state index < -0.39 is 0 Å². The number of hydrogen-bond donors (Lipinski definition) is 1. The molecule has 1 unspecified atom stereocenters. The van der Waals surface area contributed by atoms with Gasteiger partial charge in [-0.15, -0.1) is 11.3 Å². The Balaban J connectivity index is 2.28. The summed E-state index contributed by atoms with van der Waals surface area (Å²) in [5.74, 6) is 0. The van der Waals surface area contributed by atoms with Gasteiger partial charge >= 0.3 is 0 Å². The van der Waals surface area contributed by atoms with Crippen LogP contribution in [0.5, 0.6) is 0 Å². The third-order valence-electron chi connectivity index (χ3n) is 4.11. The molecule has 0 radical (unpaired) electrons. The SMILES string of the molecule is Cc1ccc(C(N)Cc2c(C)cc(C(C)(C)C)cc2C)s1. The van der Waals surface area contributed by atoms with Crippen molar-refractivity contribution in [2.75, 3.05) is 0 Å². The summed E-state index contributed by atoms with van der Waals surface area (Å²) >= 11 is 1.81. The Morgan fingerprint density at radius 1 is 1.05 bits per heavy atom. The molecule has 0 bridgehead atoms. The van der Waals surface area contributed by atoms with E-state index in [2.05, 4.69) is 65.8 Å². The van der Waals surface area contributed by atoms with Crippen LogP contribution < -0.4 is 5.73 Å². The molecule has 2 N–H and O–H groups in total. The van der Waals surface area contributed by atoms with E-state index in [0.29, 0.717) is 0 Å². The highest BCUT2D eigenvalue weighted by molar-refractivity contribution is 7.12. The quantitative estimate of drug-likeness (QED) is 0.827. The molecule has 1 heterocycles. The zero-order chi connectivity index (χ0) is 15.8. The number of nitrogens with two attached hydrogens (primary N) is 1. The second-order valence-corrected chi connectivity index (χ2v) is 8.42. The molecule has 1 atom stereocenters. The van der Waals surface area contributed by atoms with Gasteiger partial charge < -0.3 is 5.73 Å². The van der Waals surface area contributed by atoms with Crippen LogP contribution in [0.25, 0.3) is 0 Å². The van der Waals surface area contributed by atoms with E-state index >= 15 is 0 Å². The van der Waals surface area contributed by atoms with Crippen LogP contribution in [0.3, 0.4) is 0 Å². The summed E-state index contributed by atoms with van der Waals surface area (Å²) in [4.78, 5) is 2.61. The summed E-state index contributed by atoms with van der Waals surface area (Å²) in [6, 6.07) is 9.08. The number of hydrogen-bond acceptors (Lipinski definition) is 2. The fourth-order valence-electron chi connectivity index (χ4n) is 2.72. The zero-order valence-electron chi connectivity index (χ0n) is 14.1. The van der Waals surface area contributed by atoms with Crippen molar-refractivity contribution in [1.29, 1.82) is 0 Å². The van der Waals surface area contributed by atoms with Gasteiger partial charge in [0.2, 0.25) is 0 Å². The van der Waals surface area contributed by atoms with Crippen LogP contribution in [-0.4, -0.2) is 0 Å². The first-order valence-corrected chi connectivity index (χ1v) is 8.42. The number of thiophene rings is 1. The predicted molar refractivity (Wildman–Crippen MR) is 94.3 cm³/mol. The predicted octanol–water partition coefficient (Wildman–Crippen LogP) is 5.21. The molecular weight excluding hydrogens is 274 g/mol. The normalized spacial score (nSPS) is 13.5. The van der Waals surface area contributed by atoms with Gasteiger partial charge in [0, 0.05) is 15.8 Å². The van der Waals surface area contributed by atoms with Crippen LogP contribution in [-0.2, 0) is 11.8 Å². The Kier molecular flexibility index (Phi) is 4.60. The molecule has 2 rings (SSSR count). The molecule has 0 aliphatic rings. The maximum Gasteiger partial charge on any atom is 0.0430 e. The van der Waals surface area contributed by atoms with Crippen LogP contribution in [0.4, 0.5) is 0 Å². The Morgan fingerprint density at radius 3 is 2.05 bits per heavy atom. The lowest BCUT2D eigenvalue weighted by molar-refractivity contribution is 0.588. The average Bonchev–Trinajstić information content (AvgIpc) is 2.79. The van der Waals surface area contributed by atoms with E-state index in [1.807, 2.05) is 11.3 Å². The molecule has 0 spiro atoms. The molecule has 21 heavy (non-hydrogen) atoms. The van der Waals surface area contributed by atoms with Crippen molar-refractivity contribution >= 4 is 11.3 Å². The molecule has 2 heteroatoms. The molecule has 0 amide bonds. The first-order chi connectivity index (χ1) is 9.68. The summed E-state index contributed by atoms with van der Waals surface area (Å²) in [6.45, 7) is 13.4. The first kappa shape index (κ1) is 16.3. The highest BCUT2D eigenvalue weighted by atomic mass is 32.1. The largest absolute Gasteiger partial charge is 0.323 e. The monoisotopic (exact) mass is 301 g/mol. The Bertz CT molecular complexity index is 608. The smallest absolute Gasteiger partial charge is 0.0430 e. The lowest BCUT2D eigenvalue weighted by atomic mass is 9.83. The van der Waals surface area contributed by atoms with E-state index in [4.69, 9.17) is 5.73 Å². The van der Waals surface area contributed by atoms with Gasteiger partial charge in [0.15, 0.2) is 0 Å². The minimum absolute atomic E-state index is 0.0987. The molecule has 2 aromatic rings. The fraction of sp³-hybridized carbons (Fsp3) is 0.474. The van der Waals surface area contributed by atoms with Gasteiger partial charge in [0.25, 0.3) is 0 Å². The molecule has 0 saturated carbocycles. The minimum Gasteiger partial charge on any atom is -0.323 e. The summed E-state index contributed by atoms with van der Waals surface area (Å²) in [5, 5.41) is 0. The van der Waals surface area contributed by atoms with Crippen molar-refractivity contribution in [1.82, 2.24) is 0 Å². The van der Waals surface area contributed by atoms with Crippen LogP contribution in [0.15, 0.2) is 24.3 Å². The third-order valence-corrected chi connectivity index (χ3v) is 5.25. The topological polar surface area (TPSA) is 26.0 Å². The van der Waals surface area contributed by atoms with Gasteiger partial charge in [-0.3, -0.25) is 0 Å². The van der Waals surface area contributed by atoms with E-state index in [1.165, 1.54) is 32.0 Å². The van der Waals surface area contributed by atoms with E-state index in [-0.39, 0.29) is 11.5 Å².